The molecule has 1 aliphatic carbocycles. The highest BCUT2D eigenvalue weighted by Gasteiger charge is 2.20. The molecule has 2 aromatic carbocycles. The van der Waals surface area contributed by atoms with Crippen molar-refractivity contribution in [1.82, 2.24) is 4.57 Å². The molecular weight excluding hydrogens is 390 g/mol. The summed E-state index contributed by atoms with van der Waals surface area (Å²) >= 11 is 7.23. The largest absolute Gasteiger partial charge is 0.313 e. The number of rotatable bonds is 1. The van der Waals surface area contributed by atoms with Gasteiger partial charge < -0.3 is 4.57 Å². The van der Waals surface area contributed by atoms with E-state index in [1.165, 1.54) is 48.0 Å². The Labute approximate surface area is 141 Å². The molecule has 0 atom stereocenters. The molecule has 1 aromatic heterocycles. The molecule has 106 valence electrons. The molecule has 4 rings (SSSR count). The molecule has 1 nitrogen and oxygen atoms in total. The van der Waals surface area contributed by atoms with Gasteiger partial charge in [0, 0.05) is 25.7 Å². The van der Waals surface area contributed by atoms with Crippen molar-refractivity contribution in [1.29, 1.82) is 0 Å². The number of halogens is 2. The molecule has 0 N–H and O–H groups in total. The highest BCUT2D eigenvalue weighted by molar-refractivity contribution is 9.11. The van der Waals surface area contributed by atoms with Crippen molar-refractivity contribution in [3.05, 3.63) is 62.7 Å². The first-order valence-electron chi connectivity index (χ1n) is 7.32. The van der Waals surface area contributed by atoms with Gasteiger partial charge in [-0.25, -0.2) is 0 Å². The average Bonchev–Trinajstić information content (AvgIpc) is 2.81. The minimum absolute atomic E-state index is 1.11. The summed E-state index contributed by atoms with van der Waals surface area (Å²) in [7, 11) is 0. The Kier molecular flexibility index (Phi) is 3.43. The molecule has 0 unspecified atom stereocenters. The van der Waals surface area contributed by atoms with Gasteiger partial charge in [-0.05, 0) is 55.5 Å². The van der Waals surface area contributed by atoms with Crippen molar-refractivity contribution in [3.8, 4) is 5.69 Å². The summed E-state index contributed by atoms with van der Waals surface area (Å²) in [5.41, 5.74) is 5.60. The molecule has 1 aliphatic rings. The van der Waals surface area contributed by atoms with Crippen molar-refractivity contribution in [2.45, 2.75) is 25.7 Å². The van der Waals surface area contributed by atoms with E-state index in [1.54, 1.807) is 5.56 Å². The Morgan fingerprint density at radius 2 is 1.57 bits per heavy atom. The molecule has 0 amide bonds. The fourth-order valence-electron chi connectivity index (χ4n) is 3.46. The zero-order valence-corrected chi connectivity index (χ0v) is 14.7. The Bertz CT molecular complexity index is 812. The van der Waals surface area contributed by atoms with Crippen LogP contribution in [-0.4, -0.2) is 4.57 Å². The van der Waals surface area contributed by atoms with Gasteiger partial charge in [0.15, 0.2) is 0 Å². The number of hydrogen-bond acceptors (Lipinski definition) is 0. The van der Waals surface area contributed by atoms with Crippen LogP contribution in [0.5, 0.6) is 0 Å². The number of nitrogens with zero attached hydrogens (tertiary/aromatic N) is 1. The molecule has 3 heteroatoms. The first kappa shape index (κ1) is 13.6. The van der Waals surface area contributed by atoms with Crippen molar-refractivity contribution >= 4 is 42.8 Å². The predicted octanol–water partition coefficient (Wildman–Crippen LogP) is 6.03. The lowest BCUT2D eigenvalue weighted by Crippen LogP contribution is -2.06. The van der Waals surface area contributed by atoms with E-state index in [4.69, 9.17) is 0 Å². The molecule has 0 spiro atoms. The van der Waals surface area contributed by atoms with Gasteiger partial charge in [-0.1, -0.05) is 50.1 Å². The number of para-hydroxylation sites is 1. The maximum absolute atomic E-state index is 3.62. The van der Waals surface area contributed by atoms with Crippen LogP contribution in [0.2, 0.25) is 0 Å². The van der Waals surface area contributed by atoms with Crippen molar-refractivity contribution in [2.24, 2.45) is 0 Å². The lowest BCUT2D eigenvalue weighted by molar-refractivity contribution is 0.667. The second-order valence-corrected chi connectivity index (χ2v) is 7.44. The van der Waals surface area contributed by atoms with E-state index in [0.29, 0.717) is 0 Å². The summed E-state index contributed by atoms with van der Waals surface area (Å²) in [4.78, 5) is 0. The van der Waals surface area contributed by atoms with Crippen LogP contribution in [0.4, 0.5) is 0 Å². The molecule has 0 radical (unpaired) electrons. The SMILES string of the molecule is Brc1cc(Br)cc(-n2c3c(c4ccccc42)CCCC3)c1. The second kappa shape index (κ2) is 5.29. The van der Waals surface area contributed by atoms with Crippen LogP contribution in [-0.2, 0) is 12.8 Å². The molecule has 21 heavy (non-hydrogen) atoms. The van der Waals surface area contributed by atoms with E-state index in [1.807, 2.05) is 0 Å². The lowest BCUT2D eigenvalue weighted by Gasteiger charge is -2.16. The van der Waals surface area contributed by atoms with Crippen LogP contribution in [0.1, 0.15) is 24.1 Å². The minimum Gasteiger partial charge on any atom is -0.313 e. The normalized spacial score (nSPS) is 14.4. The molecule has 1 heterocycles. The summed E-state index contributed by atoms with van der Waals surface area (Å²) in [5, 5.41) is 1.42. The van der Waals surface area contributed by atoms with E-state index in [-0.39, 0.29) is 0 Å². The van der Waals surface area contributed by atoms with E-state index >= 15 is 0 Å². The molecule has 0 bridgehead atoms. The third kappa shape index (κ3) is 2.27. The summed E-state index contributed by atoms with van der Waals surface area (Å²) < 4.78 is 4.66. The van der Waals surface area contributed by atoms with Crippen LogP contribution in [0, 0.1) is 0 Å². The maximum Gasteiger partial charge on any atom is 0.0534 e. The Morgan fingerprint density at radius 3 is 2.38 bits per heavy atom. The summed E-state index contributed by atoms with van der Waals surface area (Å²) in [6, 6.07) is 15.3. The van der Waals surface area contributed by atoms with Crippen LogP contribution in [0.15, 0.2) is 51.4 Å². The van der Waals surface area contributed by atoms with Gasteiger partial charge in [-0.15, -0.1) is 0 Å². The lowest BCUT2D eigenvalue weighted by atomic mass is 9.95. The van der Waals surface area contributed by atoms with Gasteiger partial charge in [0.05, 0.1) is 5.52 Å². The highest BCUT2D eigenvalue weighted by Crippen LogP contribution is 2.35. The number of aromatic nitrogens is 1. The van der Waals surface area contributed by atoms with Crippen LogP contribution < -0.4 is 0 Å². The van der Waals surface area contributed by atoms with Gasteiger partial charge >= 0.3 is 0 Å². The first-order chi connectivity index (χ1) is 10.2. The van der Waals surface area contributed by atoms with Crippen LogP contribution in [0.3, 0.4) is 0 Å². The minimum atomic E-state index is 1.11. The van der Waals surface area contributed by atoms with Crippen molar-refractivity contribution in [3.63, 3.8) is 0 Å². The number of hydrogen-bond donors (Lipinski definition) is 0. The van der Waals surface area contributed by atoms with Crippen molar-refractivity contribution in [2.75, 3.05) is 0 Å². The molecule has 0 aliphatic heterocycles. The number of benzene rings is 2. The van der Waals surface area contributed by atoms with Gasteiger partial charge in [0.25, 0.3) is 0 Å². The summed E-state index contributed by atoms with van der Waals surface area (Å²) in [6.45, 7) is 0. The van der Waals surface area contributed by atoms with E-state index in [2.05, 4.69) is 78.9 Å². The van der Waals surface area contributed by atoms with Gasteiger partial charge in [-0.3, -0.25) is 0 Å². The second-order valence-electron chi connectivity index (χ2n) is 5.61. The Hall–Kier alpha value is -1.06. The molecule has 0 fully saturated rings. The summed E-state index contributed by atoms with van der Waals surface area (Å²) in [5.74, 6) is 0. The predicted molar refractivity (Wildman–Crippen MR) is 95.3 cm³/mol. The van der Waals surface area contributed by atoms with Crippen molar-refractivity contribution < 1.29 is 0 Å². The monoisotopic (exact) mass is 403 g/mol. The Balaban J connectivity index is 2.08. The van der Waals surface area contributed by atoms with Gasteiger partial charge in [0.1, 0.15) is 0 Å². The quantitative estimate of drug-likeness (QED) is 0.466. The smallest absolute Gasteiger partial charge is 0.0534 e. The van der Waals surface area contributed by atoms with E-state index < -0.39 is 0 Å². The average molecular weight is 405 g/mol. The standard InChI is InChI=1S/C18H15Br2N/c19-12-9-13(20)11-14(10-12)21-17-7-3-1-5-15(17)16-6-2-4-8-18(16)21/h1,3,5,7,9-11H,2,4,6,8H2. The molecular formula is C18H15Br2N. The molecule has 3 aromatic rings. The molecule has 0 saturated carbocycles. The number of aryl methyl sites for hydroxylation is 1. The fourth-order valence-corrected chi connectivity index (χ4v) is 4.73. The molecule has 0 saturated heterocycles. The fraction of sp³-hybridized carbons (Fsp3) is 0.222. The van der Waals surface area contributed by atoms with Crippen LogP contribution >= 0.6 is 31.9 Å². The highest BCUT2D eigenvalue weighted by atomic mass is 79.9. The third-order valence-electron chi connectivity index (χ3n) is 4.28. The van der Waals surface area contributed by atoms with E-state index in [0.717, 1.165) is 8.95 Å². The zero-order valence-electron chi connectivity index (χ0n) is 11.6. The topological polar surface area (TPSA) is 4.93 Å². The first-order valence-corrected chi connectivity index (χ1v) is 8.90. The maximum atomic E-state index is 3.62. The zero-order chi connectivity index (χ0) is 14.4. The Morgan fingerprint density at radius 1 is 0.857 bits per heavy atom. The van der Waals surface area contributed by atoms with Gasteiger partial charge in [-0.2, -0.15) is 0 Å². The van der Waals surface area contributed by atoms with Crippen LogP contribution in [0.25, 0.3) is 16.6 Å². The van der Waals surface area contributed by atoms with E-state index in [9.17, 15) is 0 Å². The summed E-state index contributed by atoms with van der Waals surface area (Å²) in [6.07, 6.45) is 4.98. The van der Waals surface area contributed by atoms with Gasteiger partial charge in [0.2, 0.25) is 0 Å². The third-order valence-corrected chi connectivity index (χ3v) is 5.20. The number of fused-ring (bicyclic) bond motifs is 3.